The summed E-state index contributed by atoms with van der Waals surface area (Å²) in [6.45, 7) is 1.74. The lowest BCUT2D eigenvalue weighted by Gasteiger charge is -2.24. The Morgan fingerprint density at radius 1 is 1.06 bits per heavy atom. The van der Waals surface area contributed by atoms with Gasteiger partial charge in [-0.15, -0.1) is 0 Å². The van der Waals surface area contributed by atoms with Crippen LogP contribution in [0, 0.1) is 0 Å². The van der Waals surface area contributed by atoms with Crippen molar-refractivity contribution in [3.05, 3.63) is 83.0 Å². The van der Waals surface area contributed by atoms with Gasteiger partial charge in [-0.3, -0.25) is 9.36 Å². The zero-order chi connectivity index (χ0) is 25.3. The molecule has 2 heterocycles. The number of nitrogens with zero attached hydrogens (tertiary/aromatic N) is 2. The van der Waals surface area contributed by atoms with Gasteiger partial charge in [-0.25, -0.2) is 9.79 Å². The number of halogens is 1. The van der Waals surface area contributed by atoms with E-state index in [0.717, 1.165) is 10.0 Å². The summed E-state index contributed by atoms with van der Waals surface area (Å²) in [4.78, 5) is 31.5. The van der Waals surface area contributed by atoms with E-state index in [-0.39, 0.29) is 5.56 Å². The standard InChI is InChI=1S/C25H23BrN2O6S/c1-13-20(24(30)34-5)21(15-6-8-16(26)9-7-15)28-23(29)19(35-25(28)27-13)12-14-10-17(31-2)22(33-4)18(11-14)32-3/h6-12,21H,1-5H3. The van der Waals surface area contributed by atoms with Crippen molar-refractivity contribution >= 4 is 39.3 Å². The van der Waals surface area contributed by atoms with Gasteiger partial charge >= 0.3 is 5.97 Å². The molecule has 0 spiro atoms. The van der Waals surface area contributed by atoms with Crippen molar-refractivity contribution in [1.29, 1.82) is 0 Å². The number of allylic oxidation sites excluding steroid dienone is 1. The van der Waals surface area contributed by atoms with Crippen LogP contribution in [0.5, 0.6) is 17.2 Å². The van der Waals surface area contributed by atoms with E-state index < -0.39 is 12.0 Å². The molecular weight excluding hydrogens is 536 g/mol. The molecule has 0 fully saturated rings. The van der Waals surface area contributed by atoms with E-state index >= 15 is 0 Å². The Kier molecular flexibility index (Phi) is 7.13. The maximum atomic E-state index is 13.7. The smallest absolute Gasteiger partial charge is 0.338 e. The average Bonchev–Trinajstić information content (AvgIpc) is 3.16. The molecule has 0 N–H and O–H groups in total. The Balaban J connectivity index is 1.96. The lowest BCUT2D eigenvalue weighted by atomic mass is 9.96. The van der Waals surface area contributed by atoms with E-state index in [1.54, 1.807) is 25.1 Å². The molecule has 0 amide bonds. The number of hydrogen-bond donors (Lipinski definition) is 0. The Bertz CT molecular complexity index is 1480. The number of carbonyl (C=O) groups is 1. The quantitative estimate of drug-likeness (QED) is 0.432. The number of esters is 1. The summed E-state index contributed by atoms with van der Waals surface area (Å²) in [7, 11) is 5.91. The molecule has 1 aliphatic heterocycles. The zero-order valence-corrected chi connectivity index (χ0v) is 22.2. The van der Waals surface area contributed by atoms with Crippen molar-refractivity contribution in [3.8, 4) is 17.2 Å². The maximum Gasteiger partial charge on any atom is 0.338 e. The summed E-state index contributed by atoms with van der Waals surface area (Å²) in [5.41, 5.74) is 2.01. The first-order chi connectivity index (χ1) is 16.8. The van der Waals surface area contributed by atoms with Gasteiger partial charge < -0.3 is 18.9 Å². The second kappa shape index (κ2) is 10.1. The van der Waals surface area contributed by atoms with Gasteiger partial charge in [0, 0.05) is 4.47 Å². The van der Waals surface area contributed by atoms with Gasteiger partial charge in [0.25, 0.3) is 5.56 Å². The molecule has 0 radical (unpaired) electrons. The summed E-state index contributed by atoms with van der Waals surface area (Å²) >= 11 is 4.68. The van der Waals surface area contributed by atoms with Gasteiger partial charge in [-0.05, 0) is 48.4 Å². The molecule has 182 valence electrons. The molecule has 10 heteroatoms. The monoisotopic (exact) mass is 558 g/mol. The average molecular weight is 559 g/mol. The lowest BCUT2D eigenvalue weighted by Crippen LogP contribution is -2.39. The molecule has 0 saturated carbocycles. The summed E-state index contributed by atoms with van der Waals surface area (Å²) in [5.74, 6) is 0.880. The van der Waals surface area contributed by atoms with Crippen LogP contribution in [0.25, 0.3) is 6.08 Å². The predicted molar refractivity (Wildman–Crippen MR) is 136 cm³/mol. The molecule has 0 bridgehead atoms. The molecule has 35 heavy (non-hydrogen) atoms. The van der Waals surface area contributed by atoms with Gasteiger partial charge in [0.15, 0.2) is 16.3 Å². The summed E-state index contributed by atoms with van der Waals surface area (Å²) in [6, 6.07) is 10.3. The minimum atomic E-state index is -0.672. The highest BCUT2D eigenvalue weighted by Crippen LogP contribution is 2.38. The molecule has 3 aromatic rings. The maximum absolute atomic E-state index is 13.7. The van der Waals surface area contributed by atoms with Crippen molar-refractivity contribution < 1.29 is 23.7 Å². The minimum Gasteiger partial charge on any atom is -0.493 e. The van der Waals surface area contributed by atoms with Gasteiger partial charge in [0.05, 0.1) is 50.3 Å². The van der Waals surface area contributed by atoms with E-state index in [0.29, 0.717) is 43.4 Å². The summed E-state index contributed by atoms with van der Waals surface area (Å²) < 4.78 is 24.2. The van der Waals surface area contributed by atoms with Gasteiger partial charge in [-0.2, -0.15) is 0 Å². The minimum absolute atomic E-state index is 0.274. The van der Waals surface area contributed by atoms with Crippen LogP contribution in [-0.4, -0.2) is 39.0 Å². The van der Waals surface area contributed by atoms with E-state index in [9.17, 15) is 9.59 Å². The second-order valence-electron chi connectivity index (χ2n) is 7.58. The van der Waals surface area contributed by atoms with Crippen molar-refractivity contribution in [2.75, 3.05) is 28.4 Å². The molecule has 0 saturated heterocycles. The zero-order valence-electron chi connectivity index (χ0n) is 19.7. The number of methoxy groups -OCH3 is 4. The van der Waals surface area contributed by atoms with Crippen LogP contribution in [0.4, 0.5) is 0 Å². The number of aromatic nitrogens is 1. The highest BCUT2D eigenvalue weighted by atomic mass is 79.9. The third kappa shape index (κ3) is 4.51. The van der Waals surface area contributed by atoms with Crippen LogP contribution in [0.2, 0.25) is 0 Å². The van der Waals surface area contributed by atoms with Crippen LogP contribution in [-0.2, 0) is 9.53 Å². The molecule has 1 unspecified atom stereocenters. The van der Waals surface area contributed by atoms with E-state index in [1.165, 1.54) is 44.3 Å². The number of fused-ring (bicyclic) bond motifs is 1. The molecule has 8 nitrogen and oxygen atoms in total. The van der Waals surface area contributed by atoms with Crippen molar-refractivity contribution in [2.45, 2.75) is 13.0 Å². The van der Waals surface area contributed by atoms with Gasteiger partial charge in [0.1, 0.15) is 0 Å². The highest BCUT2D eigenvalue weighted by Gasteiger charge is 2.33. The fourth-order valence-electron chi connectivity index (χ4n) is 3.99. The summed E-state index contributed by atoms with van der Waals surface area (Å²) in [5, 5.41) is 0. The van der Waals surface area contributed by atoms with Crippen LogP contribution in [0.3, 0.4) is 0 Å². The molecule has 2 aromatic carbocycles. The first-order valence-corrected chi connectivity index (χ1v) is 12.1. The normalized spacial score (nSPS) is 15.4. The summed E-state index contributed by atoms with van der Waals surface area (Å²) in [6.07, 6.45) is 1.74. The second-order valence-corrected chi connectivity index (χ2v) is 9.51. The fourth-order valence-corrected chi connectivity index (χ4v) is 5.30. The number of hydrogen-bond acceptors (Lipinski definition) is 8. The first kappa shape index (κ1) is 24.7. The predicted octanol–water partition coefficient (Wildman–Crippen LogP) is 3.20. The van der Waals surface area contributed by atoms with E-state index in [4.69, 9.17) is 18.9 Å². The van der Waals surface area contributed by atoms with Gasteiger partial charge in [0.2, 0.25) is 5.75 Å². The van der Waals surface area contributed by atoms with Crippen LogP contribution in [0.1, 0.15) is 24.1 Å². The lowest BCUT2D eigenvalue weighted by molar-refractivity contribution is -0.136. The highest BCUT2D eigenvalue weighted by molar-refractivity contribution is 9.10. The van der Waals surface area contributed by atoms with Crippen LogP contribution >= 0.6 is 27.3 Å². The largest absolute Gasteiger partial charge is 0.493 e. The Morgan fingerprint density at radius 3 is 2.23 bits per heavy atom. The Labute approximate surface area is 213 Å². The number of rotatable bonds is 6. The number of carbonyl (C=O) groups excluding carboxylic acids is 1. The molecule has 0 aliphatic carbocycles. The van der Waals surface area contributed by atoms with Crippen LogP contribution in [0.15, 0.2) is 61.9 Å². The number of ether oxygens (including phenoxy) is 4. The number of benzene rings is 2. The molecule has 1 aromatic heterocycles. The number of thiazole rings is 1. The van der Waals surface area contributed by atoms with Gasteiger partial charge in [-0.1, -0.05) is 39.4 Å². The van der Waals surface area contributed by atoms with Crippen molar-refractivity contribution in [3.63, 3.8) is 0 Å². The van der Waals surface area contributed by atoms with Crippen LogP contribution < -0.4 is 29.1 Å². The molecule has 1 aliphatic rings. The molecule has 1 atom stereocenters. The third-order valence-electron chi connectivity index (χ3n) is 5.60. The van der Waals surface area contributed by atoms with Crippen molar-refractivity contribution in [2.24, 2.45) is 4.99 Å². The SMILES string of the molecule is COC(=O)C1=C(C)N=c2sc(=Cc3cc(OC)c(OC)c(OC)c3)c(=O)n2C1c1ccc(Br)cc1. The Hall–Kier alpha value is -3.37. The van der Waals surface area contributed by atoms with Crippen molar-refractivity contribution in [1.82, 2.24) is 4.57 Å². The topological polar surface area (TPSA) is 88.4 Å². The van der Waals surface area contributed by atoms with E-state index in [1.807, 2.05) is 24.3 Å². The molecular formula is C25H23BrN2O6S. The molecule has 4 rings (SSSR count). The fraction of sp³-hybridized carbons (Fsp3) is 0.240. The Morgan fingerprint density at radius 2 is 1.69 bits per heavy atom. The third-order valence-corrected chi connectivity index (χ3v) is 7.11. The van der Waals surface area contributed by atoms with E-state index in [2.05, 4.69) is 20.9 Å². The first-order valence-electron chi connectivity index (χ1n) is 10.5.